The van der Waals surface area contributed by atoms with Crippen LogP contribution >= 0.6 is 36.2 Å². The Morgan fingerprint density at radius 3 is 2.75 bits per heavy atom. The van der Waals surface area contributed by atoms with Crippen LogP contribution in [0, 0.1) is 6.92 Å². The van der Waals surface area contributed by atoms with Crippen LogP contribution in [0.2, 0.25) is 0 Å². The molecule has 0 saturated carbocycles. The van der Waals surface area contributed by atoms with E-state index in [2.05, 4.69) is 27.4 Å². The fourth-order valence-corrected chi connectivity index (χ4v) is 4.09. The minimum Gasteiger partial charge on any atom is -0.308 e. The molecule has 130 valence electrons. The molecule has 1 aliphatic heterocycles. The Hall–Kier alpha value is -1.41. The lowest BCUT2D eigenvalue weighted by molar-refractivity contribution is 0.407. The molecule has 0 spiro atoms. The fraction of sp³-hybridized carbons (Fsp3) is 0.400. The van der Waals surface area contributed by atoms with Crippen molar-refractivity contribution in [1.82, 2.24) is 25.5 Å². The van der Waals surface area contributed by atoms with Gasteiger partial charge in [-0.25, -0.2) is 4.98 Å². The number of thiophene rings is 1. The first-order chi connectivity index (χ1) is 10.6. The number of aryl methyl sites for hydroxylation is 1. The summed E-state index contributed by atoms with van der Waals surface area (Å²) in [6.45, 7) is 5.03. The molecule has 3 N–H and O–H groups in total. The van der Waals surface area contributed by atoms with Gasteiger partial charge >= 0.3 is 0 Å². The molecule has 1 atom stereocenters. The van der Waals surface area contributed by atoms with Crippen molar-refractivity contribution in [1.29, 1.82) is 0 Å². The van der Waals surface area contributed by atoms with Crippen LogP contribution < -0.4 is 10.9 Å². The highest BCUT2D eigenvalue weighted by Crippen LogP contribution is 2.33. The molecular weight excluding hydrogens is 369 g/mol. The molecule has 0 unspecified atom stereocenters. The first-order valence-corrected chi connectivity index (χ1v) is 8.18. The van der Waals surface area contributed by atoms with Gasteiger partial charge in [-0.2, -0.15) is 5.10 Å². The molecule has 1 saturated heterocycles. The van der Waals surface area contributed by atoms with Gasteiger partial charge in [-0.15, -0.1) is 36.2 Å². The first kappa shape index (κ1) is 18.9. The van der Waals surface area contributed by atoms with E-state index in [0.717, 1.165) is 46.9 Å². The van der Waals surface area contributed by atoms with E-state index in [-0.39, 0.29) is 35.9 Å². The maximum absolute atomic E-state index is 12.4. The van der Waals surface area contributed by atoms with Gasteiger partial charge in [0.2, 0.25) is 0 Å². The van der Waals surface area contributed by atoms with Gasteiger partial charge in [-0.3, -0.25) is 9.89 Å². The molecule has 1 fully saturated rings. The number of H-pyrrole nitrogens is 2. The van der Waals surface area contributed by atoms with Gasteiger partial charge in [-0.05, 0) is 39.3 Å². The summed E-state index contributed by atoms with van der Waals surface area (Å²) in [5, 5.41) is 10.4. The van der Waals surface area contributed by atoms with Crippen molar-refractivity contribution in [2.45, 2.75) is 32.2 Å². The average Bonchev–Trinajstić information content (AvgIpc) is 3.18. The number of hydrogen-bond acceptors (Lipinski definition) is 5. The summed E-state index contributed by atoms with van der Waals surface area (Å²) in [6.07, 6.45) is 3.87. The number of halogens is 2. The summed E-state index contributed by atoms with van der Waals surface area (Å²) >= 11 is 1.46. The van der Waals surface area contributed by atoms with Crippen molar-refractivity contribution in [3.05, 3.63) is 34.1 Å². The van der Waals surface area contributed by atoms with Gasteiger partial charge in [0.1, 0.15) is 10.5 Å². The Morgan fingerprint density at radius 2 is 2.12 bits per heavy atom. The van der Waals surface area contributed by atoms with E-state index in [1.165, 1.54) is 11.3 Å². The lowest BCUT2D eigenvalue weighted by Gasteiger charge is -2.22. The SMILES string of the molecule is Cc1[nH]ncc1-c1cc2nc([C@]3(C)CCCN3)[nH]c(=O)c2s1.Cl.Cl. The van der Waals surface area contributed by atoms with Gasteiger partial charge in [-0.1, -0.05) is 0 Å². The van der Waals surface area contributed by atoms with Crippen LogP contribution in [0.15, 0.2) is 17.1 Å². The molecule has 4 heterocycles. The summed E-state index contributed by atoms with van der Waals surface area (Å²) in [7, 11) is 0. The number of nitrogens with zero attached hydrogens (tertiary/aromatic N) is 2. The molecule has 3 aromatic heterocycles. The second-order valence-corrected chi connectivity index (χ2v) is 7.06. The normalized spacial score (nSPS) is 19.9. The highest BCUT2D eigenvalue weighted by molar-refractivity contribution is 7.22. The zero-order chi connectivity index (χ0) is 15.3. The standard InChI is InChI=1S/C15H17N5OS.2ClH/c1-8-9(7-17-20-8)11-6-10-12(22-11)13(21)19-14(18-10)15(2)4-3-5-16-15;;/h6-7,16H,3-5H2,1-2H3,(H,17,20)(H,18,19,21);2*1H/t15-;;/m0../s1. The third kappa shape index (κ3) is 2.97. The van der Waals surface area contributed by atoms with Crippen LogP contribution in [-0.2, 0) is 5.54 Å². The number of rotatable bonds is 2. The van der Waals surface area contributed by atoms with Gasteiger partial charge < -0.3 is 10.3 Å². The highest BCUT2D eigenvalue weighted by atomic mass is 35.5. The molecule has 3 aromatic rings. The Kier molecular flexibility index (Phi) is 5.39. The Bertz CT molecular complexity index is 910. The quantitative estimate of drug-likeness (QED) is 0.630. The number of aromatic amines is 2. The monoisotopic (exact) mass is 387 g/mol. The van der Waals surface area contributed by atoms with Crippen molar-refractivity contribution in [3.63, 3.8) is 0 Å². The molecular formula is C15H19Cl2N5OS. The third-order valence-electron chi connectivity index (χ3n) is 4.37. The van der Waals surface area contributed by atoms with E-state index in [9.17, 15) is 4.79 Å². The van der Waals surface area contributed by atoms with E-state index in [4.69, 9.17) is 4.98 Å². The second-order valence-electron chi connectivity index (χ2n) is 6.01. The number of aromatic nitrogens is 4. The molecule has 0 aromatic carbocycles. The van der Waals surface area contributed by atoms with Crippen molar-refractivity contribution in [3.8, 4) is 10.4 Å². The van der Waals surface area contributed by atoms with E-state index in [1.807, 2.05) is 13.0 Å². The summed E-state index contributed by atoms with van der Waals surface area (Å²) in [6, 6.07) is 1.98. The molecule has 24 heavy (non-hydrogen) atoms. The minimum absolute atomic E-state index is 0. The molecule has 6 nitrogen and oxygen atoms in total. The van der Waals surface area contributed by atoms with Crippen LogP contribution in [0.4, 0.5) is 0 Å². The van der Waals surface area contributed by atoms with E-state index < -0.39 is 0 Å². The van der Waals surface area contributed by atoms with Gasteiger partial charge in [0.15, 0.2) is 0 Å². The lowest BCUT2D eigenvalue weighted by Crippen LogP contribution is -2.36. The van der Waals surface area contributed by atoms with Gasteiger partial charge in [0, 0.05) is 16.1 Å². The number of hydrogen-bond donors (Lipinski definition) is 3. The largest absolute Gasteiger partial charge is 0.308 e. The van der Waals surface area contributed by atoms with E-state index in [1.54, 1.807) is 6.20 Å². The van der Waals surface area contributed by atoms with Crippen molar-refractivity contribution in [2.75, 3.05) is 6.54 Å². The van der Waals surface area contributed by atoms with Crippen molar-refractivity contribution < 1.29 is 0 Å². The van der Waals surface area contributed by atoms with Crippen LogP contribution in [0.5, 0.6) is 0 Å². The maximum Gasteiger partial charge on any atom is 0.268 e. The smallest absolute Gasteiger partial charge is 0.268 e. The number of fused-ring (bicyclic) bond motifs is 1. The predicted octanol–water partition coefficient (Wildman–Crippen LogP) is 3.13. The third-order valence-corrected chi connectivity index (χ3v) is 5.53. The first-order valence-electron chi connectivity index (χ1n) is 7.36. The molecule has 0 amide bonds. The predicted molar refractivity (Wildman–Crippen MR) is 102 cm³/mol. The molecule has 0 aliphatic carbocycles. The summed E-state index contributed by atoms with van der Waals surface area (Å²) in [5.74, 6) is 0.732. The highest BCUT2D eigenvalue weighted by Gasteiger charge is 2.33. The van der Waals surface area contributed by atoms with Crippen molar-refractivity contribution >= 4 is 46.4 Å². The van der Waals surface area contributed by atoms with Gasteiger partial charge in [0.05, 0.1) is 17.3 Å². The molecule has 9 heteroatoms. The van der Waals surface area contributed by atoms with Crippen molar-refractivity contribution in [2.24, 2.45) is 0 Å². The molecule has 4 rings (SSSR count). The van der Waals surface area contributed by atoms with Crippen LogP contribution in [0.3, 0.4) is 0 Å². The van der Waals surface area contributed by atoms with Crippen LogP contribution in [0.1, 0.15) is 31.3 Å². The zero-order valence-corrected chi connectivity index (χ0v) is 15.8. The Labute approximate surface area is 155 Å². The molecule has 0 bridgehead atoms. The second kappa shape index (κ2) is 6.84. The summed E-state index contributed by atoms with van der Waals surface area (Å²) in [5.41, 5.74) is 2.48. The Balaban J connectivity index is 0.00000104. The molecule has 0 radical (unpaired) electrons. The van der Waals surface area contributed by atoms with Gasteiger partial charge in [0.25, 0.3) is 5.56 Å². The maximum atomic E-state index is 12.4. The minimum atomic E-state index is -0.235. The lowest BCUT2D eigenvalue weighted by atomic mass is 9.99. The van der Waals surface area contributed by atoms with Crippen LogP contribution in [-0.4, -0.2) is 26.7 Å². The molecule has 1 aliphatic rings. The van der Waals surface area contributed by atoms with E-state index in [0.29, 0.717) is 4.70 Å². The summed E-state index contributed by atoms with van der Waals surface area (Å²) < 4.78 is 0.668. The topological polar surface area (TPSA) is 86.5 Å². The number of nitrogens with one attached hydrogen (secondary N) is 3. The Morgan fingerprint density at radius 1 is 1.33 bits per heavy atom. The van der Waals surface area contributed by atoms with Crippen LogP contribution in [0.25, 0.3) is 20.7 Å². The van der Waals surface area contributed by atoms with E-state index >= 15 is 0 Å². The summed E-state index contributed by atoms with van der Waals surface area (Å²) in [4.78, 5) is 21.1. The average molecular weight is 388 g/mol. The zero-order valence-electron chi connectivity index (χ0n) is 13.3. The fourth-order valence-electron chi connectivity index (χ4n) is 3.03.